The van der Waals surface area contributed by atoms with Crippen LogP contribution in [0.3, 0.4) is 0 Å². The second-order valence-electron chi connectivity index (χ2n) is 6.67. The highest BCUT2D eigenvalue weighted by Gasteiger charge is 2.08. The first-order chi connectivity index (χ1) is 14.7. The Morgan fingerprint density at radius 1 is 0.967 bits per heavy atom. The van der Waals surface area contributed by atoms with E-state index in [0.29, 0.717) is 18.1 Å². The number of hydrogen-bond donors (Lipinski definition) is 0. The van der Waals surface area contributed by atoms with Gasteiger partial charge in [-0.1, -0.05) is 46.3 Å². The summed E-state index contributed by atoms with van der Waals surface area (Å²) in [5.41, 5.74) is 1.24. The maximum absolute atomic E-state index is 12.5. The van der Waals surface area contributed by atoms with Gasteiger partial charge in [-0.15, -0.1) is 11.3 Å². The highest BCUT2D eigenvalue weighted by atomic mass is 79.9. The third kappa shape index (κ3) is 5.59. The largest absolute Gasteiger partial charge is 0.486 e. The standard InChI is InChI=1S/C25H19BrO3S/c26-19-6-8-20(9-7-19)28-17-22-11-10-21(29-22)12-14-24(27)25-15-13-23(30-25)16-18-4-2-1-3-5-18/h1-15H,16-17H2/b14-12+. The Morgan fingerprint density at radius 2 is 1.77 bits per heavy atom. The maximum Gasteiger partial charge on any atom is 0.195 e. The van der Waals surface area contributed by atoms with E-state index in [-0.39, 0.29) is 5.78 Å². The van der Waals surface area contributed by atoms with Gasteiger partial charge < -0.3 is 9.15 Å². The minimum atomic E-state index is -0.0247. The molecule has 2 aromatic heterocycles. The average Bonchev–Trinajstić information content (AvgIpc) is 3.42. The molecule has 0 radical (unpaired) electrons. The molecule has 0 saturated carbocycles. The lowest BCUT2D eigenvalue weighted by molar-refractivity contribution is 0.105. The molecule has 0 amide bonds. The van der Waals surface area contributed by atoms with Crippen LogP contribution in [0.25, 0.3) is 6.08 Å². The predicted molar refractivity (Wildman–Crippen MR) is 124 cm³/mol. The lowest BCUT2D eigenvalue weighted by Crippen LogP contribution is -1.93. The number of thiophene rings is 1. The second-order valence-corrected chi connectivity index (χ2v) is 8.76. The molecule has 4 rings (SSSR count). The third-order valence-electron chi connectivity index (χ3n) is 4.40. The number of furan rings is 1. The summed E-state index contributed by atoms with van der Waals surface area (Å²) in [6.07, 6.45) is 4.08. The van der Waals surface area contributed by atoms with Crippen LogP contribution >= 0.6 is 27.3 Å². The van der Waals surface area contributed by atoms with Crippen molar-refractivity contribution >= 4 is 39.1 Å². The Kier molecular flexibility index (Phi) is 6.62. The topological polar surface area (TPSA) is 39.4 Å². The maximum atomic E-state index is 12.5. The van der Waals surface area contributed by atoms with Gasteiger partial charge in [-0.05, 0) is 66.2 Å². The Balaban J connectivity index is 1.32. The van der Waals surface area contributed by atoms with E-state index in [2.05, 4.69) is 28.1 Å². The summed E-state index contributed by atoms with van der Waals surface area (Å²) in [6, 6.07) is 25.5. The molecule has 4 aromatic rings. The summed E-state index contributed by atoms with van der Waals surface area (Å²) in [6.45, 7) is 0.331. The molecule has 0 aliphatic rings. The third-order valence-corrected chi connectivity index (χ3v) is 6.03. The van der Waals surface area contributed by atoms with Gasteiger partial charge in [0.25, 0.3) is 0 Å². The van der Waals surface area contributed by atoms with Gasteiger partial charge in [0, 0.05) is 15.8 Å². The molecule has 2 aromatic carbocycles. The summed E-state index contributed by atoms with van der Waals surface area (Å²) in [7, 11) is 0. The van der Waals surface area contributed by atoms with Crippen molar-refractivity contribution in [2.45, 2.75) is 13.0 Å². The Hall–Kier alpha value is -2.89. The smallest absolute Gasteiger partial charge is 0.195 e. The molecule has 0 bridgehead atoms. The van der Waals surface area contributed by atoms with Crippen molar-refractivity contribution in [3.63, 3.8) is 0 Å². The van der Waals surface area contributed by atoms with Crippen molar-refractivity contribution in [1.29, 1.82) is 0 Å². The fraction of sp³-hybridized carbons (Fsp3) is 0.0800. The van der Waals surface area contributed by atoms with Gasteiger partial charge in [0.05, 0.1) is 4.88 Å². The molecule has 5 heteroatoms. The van der Waals surface area contributed by atoms with Crippen LogP contribution in [0.2, 0.25) is 0 Å². The molecule has 0 N–H and O–H groups in total. The number of carbonyl (C=O) groups is 1. The SMILES string of the molecule is O=C(/C=C/c1ccc(COc2ccc(Br)cc2)o1)c1ccc(Cc2ccccc2)s1. The van der Waals surface area contributed by atoms with E-state index in [1.807, 2.05) is 66.7 Å². The number of rotatable bonds is 8. The van der Waals surface area contributed by atoms with Crippen molar-refractivity contribution in [3.8, 4) is 5.75 Å². The minimum absolute atomic E-state index is 0.0247. The molecule has 0 fully saturated rings. The normalized spacial score (nSPS) is 11.1. The van der Waals surface area contributed by atoms with Crippen molar-refractivity contribution in [3.05, 3.63) is 116 Å². The second kappa shape index (κ2) is 9.74. The fourth-order valence-corrected chi connectivity index (χ4v) is 4.12. The van der Waals surface area contributed by atoms with Crippen molar-refractivity contribution in [2.75, 3.05) is 0 Å². The molecule has 0 unspecified atom stereocenters. The first kappa shape index (κ1) is 20.4. The molecular formula is C25H19BrO3S. The van der Waals surface area contributed by atoms with E-state index in [1.165, 1.54) is 21.8 Å². The average molecular weight is 479 g/mol. The summed E-state index contributed by atoms with van der Waals surface area (Å²) in [5.74, 6) is 2.07. The van der Waals surface area contributed by atoms with E-state index >= 15 is 0 Å². The van der Waals surface area contributed by atoms with Gasteiger partial charge in [-0.3, -0.25) is 4.79 Å². The zero-order valence-corrected chi connectivity index (χ0v) is 18.5. The molecular weight excluding hydrogens is 460 g/mol. The van der Waals surface area contributed by atoms with E-state index < -0.39 is 0 Å². The number of hydrogen-bond acceptors (Lipinski definition) is 4. The minimum Gasteiger partial charge on any atom is -0.486 e. The molecule has 0 spiro atoms. The van der Waals surface area contributed by atoms with E-state index in [9.17, 15) is 4.79 Å². The van der Waals surface area contributed by atoms with E-state index in [0.717, 1.165) is 21.5 Å². The van der Waals surface area contributed by atoms with Crippen LogP contribution in [0.5, 0.6) is 5.75 Å². The van der Waals surface area contributed by atoms with Crippen molar-refractivity contribution < 1.29 is 13.9 Å². The zero-order chi connectivity index (χ0) is 20.8. The predicted octanol–water partition coefficient (Wildman–Crippen LogP) is 7.17. The summed E-state index contributed by atoms with van der Waals surface area (Å²) >= 11 is 4.93. The van der Waals surface area contributed by atoms with Crippen LogP contribution in [0.15, 0.2) is 93.8 Å². The molecule has 2 heterocycles. The number of halogens is 1. The van der Waals surface area contributed by atoms with Gasteiger partial charge in [0.2, 0.25) is 0 Å². The number of allylic oxidation sites excluding steroid dienone is 1. The van der Waals surface area contributed by atoms with E-state index in [1.54, 1.807) is 12.2 Å². The number of ether oxygens (including phenoxy) is 1. The van der Waals surface area contributed by atoms with Gasteiger partial charge in [0.15, 0.2) is 5.78 Å². The van der Waals surface area contributed by atoms with Gasteiger partial charge in [0.1, 0.15) is 23.9 Å². The molecule has 0 aliphatic carbocycles. The summed E-state index contributed by atoms with van der Waals surface area (Å²) < 4.78 is 12.4. The van der Waals surface area contributed by atoms with Gasteiger partial charge in [-0.25, -0.2) is 0 Å². The molecule has 0 aliphatic heterocycles. The van der Waals surface area contributed by atoms with Crippen molar-refractivity contribution in [2.24, 2.45) is 0 Å². The first-order valence-corrected chi connectivity index (χ1v) is 11.1. The first-order valence-electron chi connectivity index (χ1n) is 9.48. The Morgan fingerprint density at radius 3 is 2.57 bits per heavy atom. The van der Waals surface area contributed by atoms with Crippen LogP contribution in [0.4, 0.5) is 0 Å². The van der Waals surface area contributed by atoms with Crippen LogP contribution in [-0.4, -0.2) is 5.78 Å². The van der Waals surface area contributed by atoms with Crippen molar-refractivity contribution in [1.82, 2.24) is 0 Å². The molecule has 150 valence electrons. The number of benzene rings is 2. The Labute approximate surface area is 187 Å². The highest BCUT2D eigenvalue weighted by molar-refractivity contribution is 9.10. The molecule has 0 atom stereocenters. The lowest BCUT2D eigenvalue weighted by atomic mass is 10.1. The summed E-state index contributed by atoms with van der Waals surface area (Å²) in [4.78, 5) is 14.4. The highest BCUT2D eigenvalue weighted by Crippen LogP contribution is 2.22. The van der Waals surface area contributed by atoms with Crippen LogP contribution in [-0.2, 0) is 13.0 Å². The number of carbonyl (C=O) groups excluding carboxylic acids is 1. The fourth-order valence-electron chi connectivity index (χ4n) is 2.89. The quantitative estimate of drug-likeness (QED) is 0.199. The lowest BCUT2D eigenvalue weighted by Gasteiger charge is -2.03. The van der Waals surface area contributed by atoms with Crippen LogP contribution in [0, 0.1) is 0 Å². The number of ketones is 1. The van der Waals surface area contributed by atoms with Gasteiger partial charge >= 0.3 is 0 Å². The monoisotopic (exact) mass is 478 g/mol. The molecule has 30 heavy (non-hydrogen) atoms. The zero-order valence-electron chi connectivity index (χ0n) is 16.1. The molecule has 0 saturated heterocycles. The Bertz CT molecular complexity index is 1140. The van der Waals surface area contributed by atoms with E-state index in [4.69, 9.17) is 9.15 Å². The van der Waals surface area contributed by atoms with Gasteiger partial charge in [-0.2, -0.15) is 0 Å². The van der Waals surface area contributed by atoms with Crippen LogP contribution in [0.1, 0.15) is 31.6 Å². The molecule has 3 nitrogen and oxygen atoms in total. The summed E-state index contributed by atoms with van der Waals surface area (Å²) in [5, 5.41) is 0. The van der Waals surface area contributed by atoms with Crippen LogP contribution < -0.4 is 4.74 Å².